The van der Waals surface area contributed by atoms with E-state index in [0.29, 0.717) is 24.2 Å². The van der Waals surface area contributed by atoms with Gasteiger partial charge in [0.25, 0.3) is 0 Å². The summed E-state index contributed by atoms with van der Waals surface area (Å²) in [5, 5.41) is 22.8. The molecule has 0 aliphatic rings. The Hall–Kier alpha value is -2.43. The monoisotopic (exact) mass is 302 g/mol. The van der Waals surface area contributed by atoms with Crippen molar-refractivity contribution in [1.82, 2.24) is 9.88 Å². The minimum atomic E-state index is -0.437. The number of carbonyl (C=O) groups is 1. The average Bonchev–Trinajstić information content (AvgIpc) is 2.93. The fraction of sp³-hybridized carbons (Fsp3) is 0.353. The van der Waals surface area contributed by atoms with Crippen molar-refractivity contribution in [2.45, 2.75) is 27.2 Å². The van der Waals surface area contributed by atoms with Crippen LogP contribution in [0.5, 0.6) is 11.5 Å². The average molecular weight is 302 g/mol. The Morgan fingerprint density at radius 2 is 1.77 bits per heavy atom. The Morgan fingerprint density at radius 3 is 2.36 bits per heavy atom. The smallest absolute Gasteiger partial charge is 0.225 e. The topological polar surface area (TPSA) is 74.5 Å². The van der Waals surface area contributed by atoms with Gasteiger partial charge in [-0.15, -0.1) is 0 Å². The number of benzene rings is 1. The van der Waals surface area contributed by atoms with E-state index in [1.54, 1.807) is 10.6 Å². The molecule has 0 spiro atoms. The molecule has 0 aliphatic carbocycles. The molecule has 5 heteroatoms. The maximum Gasteiger partial charge on any atom is 0.225 e. The molecule has 5 nitrogen and oxygen atoms in total. The first-order valence-corrected chi connectivity index (χ1v) is 7.25. The standard InChI is InChI=1S/C17H22N2O3/c1-17(2,3)16(22)18-7-6-12-10-13(15(21)11-14(12)20)19-8-4-5-9-19/h4-5,8-11,20-21H,6-7H2,1-3H3,(H,18,22). The van der Waals surface area contributed by atoms with Gasteiger partial charge in [-0.05, 0) is 30.2 Å². The lowest BCUT2D eigenvalue weighted by atomic mass is 9.95. The Labute approximate surface area is 130 Å². The van der Waals surface area contributed by atoms with Gasteiger partial charge in [0.15, 0.2) is 0 Å². The van der Waals surface area contributed by atoms with Gasteiger partial charge in [0.1, 0.15) is 11.5 Å². The van der Waals surface area contributed by atoms with Crippen LogP contribution in [0.2, 0.25) is 0 Å². The molecule has 22 heavy (non-hydrogen) atoms. The Bertz CT molecular complexity index is 655. The fourth-order valence-corrected chi connectivity index (χ4v) is 2.09. The Kier molecular flexibility index (Phi) is 4.45. The van der Waals surface area contributed by atoms with Crippen LogP contribution in [0.25, 0.3) is 5.69 Å². The van der Waals surface area contributed by atoms with E-state index in [1.807, 2.05) is 45.3 Å². The second-order valence-electron chi connectivity index (χ2n) is 6.32. The Morgan fingerprint density at radius 1 is 1.14 bits per heavy atom. The highest BCUT2D eigenvalue weighted by atomic mass is 16.3. The van der Waals surface area contributed by atoms with Crippen LogP contribution in [-0.2, 0) is 11.2 Å². The van der Waals surface area contributed by atoms with E-state index in [0.717, 1.165) is 0 Å². The van der Waals surface area contributed by atoms with Gasteiger partial charge < -0.3 is 20.1 Å². The van der Waals surface area contributed by atoms with Crippen LogP contribution in [-0.4, -0.2) is 27.2 Å². The van der Waals surface area contributed by atoms with Gasteiger partial charge in [-0.3, -0.25) is 4.79 Å². The SMILES string of the molecule is CC(C)(C)C(=O)NCCc1cc(-n2cccc2)c(O)cc1O. The first-order valence-electron chi connectivity index (χ1n) is 7.25. The molecule has 0 aliphatic heterocycles. The van der Waals surface area contributed by atoms with Crippen LogP contribution >= 0.6 is 0 Å². The molecule has 0 fully saturated rings. The third-order valence-corrected chi connectivity index (χ3v) is 3.42. The number of nitrogens with one attached hydrogen (secondary N) is 1. The van der Waals surface area contributed by atoms with Crippen LogP contribution in [0, 0.1) is 5.41 Å². The highest BCUT2D eigenvalue weighted by Crippen LogP contribution is 2.30. The highest BCUT2D eigenvalue weighted by molar-refractivity contribution is 5.81. The van der Waals surface area contributed by atoms with Crippen LogP contribution < -0.4 is 5.32 Å². The molecule has 0 unspecified atom stereocenters. The molecule has 2 rings (SSSR count). The number of aromatic nitrogens is 1. The molecule has 0 saturated heterocycles. The predicted molar refractivity (Wildman–Crippen MR) is 85.3 cm³/mol. The molecule has 0 bridgehead atoms. The third-order valence-electron chi connectivity index (χ3n) is 3.42. The summed E-state index contributed by atoms with van der Waals surface area (Å²) in [6.45, 7) is 5.99. The number of hydrogen-bond acceptors (Lipinski definition) is 3. The number of hydrogen-bond donors (Lipinski definition) is 3. The maximum absolute atomic E-state index is 11.8. The summed E-state index contributed by atoms with van der Waals surface area (Å²) in [6, 6.07) is 6.77. The zero-order valence-corrected chi connectivity index (χ0v) is 13.1. The summed E-state index contributed by atoms with van der Waals surface area (Å²) < 4.78 is 1.77. The van der Waals surface area contributed by atoms with E-state index in [-0.39, 0.29) is 17.4 Å². The first-order chi connectivity index (χ1) is 10.3. The van der Waals surface area contributed by atoms with E-state index in [2.05, 4.69) is 5.32 Å². The number of nitrogens with zero attached hydrogens (tertiary/aromatic N) is 1. The molecule has 1 amide bonds. The molecule has 1 aromatic carbocycles. The molecule has 2 aromatic rings. The summed E-state index contributed by atoms with van der Waals surface area (Å²) in [4.78, 5) is 11.8. The molecule has 0 atom stereocenters. The van der Waals surface area contributed by atoms with E-state index in [9.17, 15) is 15.0 Å². The van der Waals surface area contributed by atoms with Gasteiger partial charge in [-0.2, -0.15) is 0 Å². The van der Waals surface area contributed by atoms with Gasteiger partial charge in [-0.1, -0.05) is 20.8 Å². The van der Waals surface area contributed by atoms with Crippen molar-refractivity contribution in [1.29, 1.82) is 0 Å². The second kappa shape index (κ2) is 6.13. The van der Waals surface area contributed by atoms with Crippen LogP contribution in [0.15, 0.2) is 36.7 Å². The van der Waals surface area contributed by atoms with Crippen molar-refractivity contribution < 1.29 is 15.0 Å². The molecular weight excluding hydrogens is 280 g/mol. The van der Waals surface area contributed by atoms with E-state index < -0.39 is 5.41 Å². The van der Waals surface area contributed by atoms with Crippen molar-refractivity contribution in [3.05, 3.63) is 42.2 Å². The number of phenols is 2. The second-order valence-corrected chi connectivity index (χ2v) is 6.32. The summed E-state index contributed by atoms with van der Waals surface area (Å²) in [5.74, 6) is 0.00555. The highest BCUT2D eigenvalue weighted by Gasteiger charge is 2.20. The fourth-order valence-electron chi connectivity index (χ4n) is 2.09. The quantitative estimate of drug-likeness (QED) is 0.812. The van der Waals surface area contributed by atoms with Gasteiger partial charge in [0, 0.05) is 30.4 Å². The number of phenolic OH excluding ortho intramolecular Hbond substituents is 2. The van der Waals surface area contributed by atoms with Crippen LogP contribution in [0.4, 0.5) is 0 Å². The third kappa shape index (κ3) is 3.61. The first kappa shape index (κ1) is 15.9. The molecule has 1 aromatic heterocycles. The number of amides is 1. The zero-order chi connectivity index (χ0) is 16.3. The molecule has 118 valence electrons. The van der Waals surface area contributed by atoms with Gasteiger partial charge in [0.05, 0.1) is 5.69 Å². The molecule has 3 N–H and O–H groups in total. The van der Waals surface area contributed by atoms with Crippen molar-refractivity contribution in [2.75, 3.05) is 6.54 Å². The minimum Gasteiger partial charge on any atom is -0.508 e. The van der Waals surface area contributed by atoms with Crippen molar-refractivity contribution in [3.63, 3.8) is 0 Å². The van der Waals surface area contributed by atoms with Crippen LogP contribution in [0.1, 0.15) is 26.3 Å². The molecular formula is C17H22N2O3. The van der Waals surface area contributed by atoms with Gasteiger partial charge in [0.2, 0.25) is 5.91 Å². The number of rotatable bonds is 4. The van der Waals surface area contributed by atoms with Gasteiger partial charge in [-0.25, -0.2) is 0 Å². The lowest BCUT2D eigenvalue weighted by molar-refractivity contribution is -0.128. The van der Waals surface area contributed by atoms with E-state index in [1.165, 1.54) is 6.07 Å². The lowest BCUT2D eigenvalue weighted by Gasteiger charge is -2.18. The van der Waals surface area contributed by atoms with Crippen molar-refractivity contribution in [3.8, 4) is 17.2 Å². The summed E-state index contributed by atoms with van der Waals surface area (Å²) in [7, 11) is 0. The summed E-state index contributed by atoms with van der Waals surface area (Å²) in [6.07, 6.45) is 4.12. The van der Waals surface area contributed by atoms with E-state index >= 15 is 0 Å². The lowest BCUT2D eigenvalue weighted by Crippen LogP contribution is -2.35. The van der Waals surface area contributed by atoms with E-state index in [4.69, 9.17) is 0 Å². The van der Waals surface area contributed by atoms with Crippen LogP contribution in [0.3, 0.4) is 0 Å². The molecule has 0 saturated carbocycles. The van der Waals surface area contributed by atoms with Crippen molar-refractivity contribution >= 4 is 5.91 Å². The maximum atomic E-state index is 11.8. The molecule has 1 heterocycles. The minimum absolute atomic E-state index is 0.0103. The predicted octanol–water partition coefficient (Wildman–Crippen LogP) is 2.59. The van der Waals surface area contributed by atoms with Gasteiger partial charge >= 0.3 is 0 Å². The van der Waals surface area contributed by atoms with Crippen molar-refractivity contribution in [2.24, 2.45) is 5.41 Å². The largest absolute Gasteiger partial charge is 0.508 e. The normalized spacial score (nSPS) is 11.4. The number of aromatic hydroxyl groups is 2. The summed E-state index contributed by atoms with van der Waals surface area (Å²) >= 11 is 0. The zero-order valence-electron chi connectivity index (χ0n) is 13.1. The Balaban J connectivity index is 2.12. The summed E-state index contributed by atoms with van der Waals surface area (Å²) in [5.41, 5.74) is 0.837. The molecule has 0 radical (unpaired) electrons. The number of carbonyl (C=O) groups excluding carboxylic acids is 1.